The van der Waals surface area contributed by atoms with Crippen LogP contribution in [0.1, 0.15) is 16.7 Å². The molecule has 0 fully saturated rings. The standard InChI is InChI=1S/C17H19NO2/c1-18-9-15-7-13(5-6-17(15)19-2)12-3-4-14-10-20-11-16(14)8-12/h3-8,18H,9-11H2,1-2H3. The summed E-state index contributed by atoms with van der Waals surface area (Å²) in [5.41, 5.74) is 6.22. The summed E-state index contributed by atoms with van der Waals surface area (Å²) in [6, 6.07) is 12.9. The van der Waals surface area contributed by atoms with Crippen LogP contribution in [0.2, 0.25) is 0 Å². The molecule has 104 valence electrons. The minimum atomic E-state index is 0.725. The number of methoxy groups -OCH3 is 1. The highest BCUT2D eigenvalue weighted by atomic mass is 16.5. The Morgan fingerprint density at radius 2 is 1.80 bits per heavy atom. The van der Waals surface area contributed by atoms with Crippen LogP contribution in [0.5, 0.6) is 5.75 Å². The average Bonchev–Trinajstić information content (AvgIpc) is 2.95. The zero-order valence-corrected chi connectivity index (χ0v) is 11.9. The van der Waals surface area contributed by atoms with Gasteiger partial charge in [-0.2, -0.15) is 0 Å². The summed E-state index contributed by atoms with van der Waals surface area (Å²) in [5, 5.41) is 3.18. The summed E-state index contributed by atoms with van der Waals surface area (Å²) in [5.74, 6) is 0.924. The molecule has 0 saturated carbocycles. The molecular weight excluding hydrogens is 250 g/mol. The molecule has 2 aromatic rings. The van der Waals surface area contributed by atoms with Crippen molar-refractivity contribution < 1.29 is 9.47 Å². The maximum atomic E-state index is 5.47. The highest BCUT2D eigenvalue weighted by Crippen LogP contribution is 2.30. The Labute approximate surface area is 119 Å². The van der Waals surface area contributed by atoms with Crippen molar-refractivity contribution in [3.8, 4) is 16.9 Å². The topological polar surface area (TPSA) is 30.5 Å². The van der Waals surface area contributed by atoms with E-state index in [-0.39, 0.29) is 0 Å². The first-order chi connectivity index (χ1) is 9.81. The second-order valence-electron chi connectivity index (χ2n) is 5.03. The molecule has 0 bridgehead atoms. The summed E-state index contributed by atoms with van der Waals surface area (Å²) in [6.07, 6.45) is 0. The monoisotopic (exact) mass is 269 g/mol. The van der Waals surface area contributed by atoms with Crippen LogP contribution in [-0.4, -0.2) is 14.2 Å². The highest BCUT2D eigenvalue weighted by molar-refractivity contribution is 5.67. The van der Waals surface area contributed by atoms with Gasteiger partial charge in [0, 0.05) is 12.1 Å². The van der Waals surface area contributed by atoms with Gasteiger partial charge in [0.05, 0.1) is 20.3 Å². The summed E-state index contributed by atoms with van der Waals surface area (Å²) in [4.78, 5) is 0. The van der Waals surface area contributed by atoms with Gasteiger partial charge in [-0.15, -0.1) is 0 Å². The fourth-order valence-electron chi connectivity index (χ4n) is 2.64. The molecule has 0 spiro atoms. The molecule has 0 unspecified atom stereocenters. The second kappa shape index (κ2) is 5.65. The first-order valence-electron chi connectivity index (χ1n) is 6.83. The molecule has 1 N–H and O–H groups in total. The number of rotatable bonds is 4. The summed E-state index contributed by atoms with van der Waals surface area (Å²) >= 11 is 0. The van der Waals surface area contributed by atoms with Crippen molar-refractivity contribution in [2.45, 2.75) is 19.8 Å². The lowest BCUT2D eigenvalue weighted by Crippen LogP contribution is -2.06. The SMILES string of the molecule is CNCc1cc(-c2ccc3c(c2)COC3)ccc1OC. The van der Waals surface area contributed by atoms with Gasteiger partial charge in [0.15, 0.2) is 0 Å². The lowest BCUT2D eigenvalue weighted by Gasteiger charge is -2.11. The fourth-order valence-corrected chi connectivity index (χ4v) is 2.64. The first kappa shape index (κ1) is 13.2. The van der Waals surface area contributed by atoms with E-state index in [4.69, 9.17) is 9.47 Å². The van der Waals surface area contributed by atoms with Gasteiger partial charge in [-0.05, 0) is 47.5 Å². The van der Waals surface area contributed by atoms with Crippen molar-refractivity contribution in [2.24, 2.45) is 0 Å². The minimum absolute atomic E-state index is 0.725. The molecular formula is C17H19NO2. The van der Waals surface area contributed by atoms with Crippen LogP contribution in [0.15, 0.2) is 36.4 Å². The van der Waals surface area contributed by atoms with Gasteiger partial charge in [0.1, 0.15) is 5.75 Å². The molecule has 0 atom stereocenters. The van der Waals surface area contributed by atoms with E-state index < -0.39 is 0 Å². The molecule has 1 aliphatic rings. The van der Waals surface area contributed by atoms with Gasteiger partial charge >= 0.3 is 0 Å². The maximum absolute atomic E-state index is 5.47. The fraction of sp³-hybridized carbons (Fsp3) is 0.294. The zero-order chi connectivity index (χ0) is 13.9. The Kier molecular flexibility index (Phi) is 3.72. The van der Waals surface area contributed by atoms with Gasteiger partial charge in [-0.25, -0.2) is 0 Å². The number of ether oxygens (including phenoxy) is 2. The van der Waals surface area contributed by atoms with Crippen LogP contribution in [0.3, 0.4) is 0 Å². The Bertz CT molecular complexity index is 622. The van der Waals surface area contributed by atoms with Crippen molar-refractivity contribution in [3.05, 3.63) is 53.1 Å². The number of nitrogens with one attached hydrogen (secondary N) is 1. The third-order valence-corrected chi connectivity index (χ3v) is 3.70. The molecule has 3 rings (SSSR count). The molecule has 0 amide bonds. The maximum Gasteiger partial charge on any atom is 0.123 e. The summed E-state index contributed by atoms with van der Waals surface area (Å²) in [6.45, 7) is 2.26. The summed E-state index contributed by atoms with van der Waals surface area (Å²) in [7, 11) is 3.65. The predicted molar refractivity (Wildman–Crippen MR) is 79.7 cm³/mol. The van der Waals surface area contributed by atoms with Crippen molar-refractivity contribution in [1.82, 2.24) is 5.32 Å². The Balaban J connectivity index is 1.99. The molecule has 0 aliphatic carbocycles. The normalized spacial score (nSPS) is 13.3. The first-order valence-corrected chi connectivity index (χ1v) is 6.83. The highest BCUT2D eigenvalue weighted by Gasteiger charge is 2.12. The quantitative estimate of drug-likeness (QED) is 0.925. The van der Waals surface area contributed by atoms with E-state index >= 15 is 0 Å². The van der Waals surface area contributed by atoms with E-state index in [2.05, 4.69) is 35.6 Å². The van der Waals surface area contributed by atoms with E-state index in [1.807, 2.05) is 13.1 Å². The van der Waals surface area contributed by atoms with Crippen LogP contribution in [-0.2, 0) is 24.5 Å². The molecule has 0 saturated heterocycles. The predicted octanol–water partition coefficient (Wildman–Crippen LogP) is 3.11. The third kappa shape index (κ3) is 2.42. The number of fused-ring (bicyclic) bond motifs is 1. The average molecular weight is 269 g/mol. The number of hydrogen-bond acceptors (Lipinski definition) is 3. The molecule has 3 nitrogen and oxygen atoms in total. The van der Waals surface area contributed by atoms with Crippen LogP contribution in [0, 0.1) is 0 Å². The van der Waals surface area contributed by atoms with Crippen molar-refractivity contribution in [2.75, 3.05) is 14.2 Å². The minimum Gasteiger partial charge on any atom is -0.496 e. The molecule has 20 heavy (non-hydrogen) atoms. The van der Waals surface area contributed by atoms with E-state index in [1.54, 1.807) is 7.11 Å². The van der Waals surface area contributed by atoms with Crippen LogP contribution in [0.25, 0.3) is 11.1 Å². The van der Waals surface area contributed by atoms with E-state index in [9.17, 15) is 0 Å². The molecule has 1 aliphatic heterocycles. The van der Waals surface area contributed by atoms with E-state index in [1.165, 1.54) is 27.8 Å². The van der Waals surface area contributed by atoms with E-state index in [0.29, 0.717) is 0 Å². The lowest BCUT2D eigenvalue weighted by atomic mass is 9.98. The zero-order valence-electron chi connectivity index (χ0n) is 11.9. The van der Waals surface area contributed by atoms with Gasteiger partial charge in [-0.1, -0.05) is 18.2 Å². The number of hydrogen-bond donors (Lipinski definition) is 1. The van der Waals surface area contributed by atoms with Gasteiger partial charge in [0.25, 0.3) is 0 Å². The smallest absolute Gasteiger partial charge is 0.123 e. The van der Waals surface area contributed by atoms with Gasteiger partial charge < -0.3 is 14.8 Å². The van der Waals surface area contributed by atoms with Crippen molar-refractivity contribution in [3.63, 3.8) is 0 Å². The molecule has 2 aromatic carbocycles. The molecule has 0 radical (unpaired) electrons. The van der Waals surface area contributed by atoms with Gasteiger partial charge in [0.2, 0.25) is 0 Å². The molecule has 3 heteroatoms. The van der Waals surface area contributed by atoms with Crippen LogP contribution >= 0.6 is 0 Å². The number of benzene rings is 2. The molecule has 1 heterocycles. The van der Waals surface area contributed by atoms with Crippen LogP contribution < -0.4 is 10.1 Å². The third-order valence-electron chi connectivity index (χ3n) is 3.70. The Morgan fingerprint density at radius 1 is 1.05 bits per heavy atom. The Morgan fingerprint density at radius 3 is 2.60 bits per heavy atom. The van der Waals surface area contributed by atoms with Crippen LogP contribution in [0.4, 0.5) is 0 Å². The Hall–Kier alpha value is -1.84. The van der Waals surface area contributed by atoms with Crippen molar-refractivity contribution >= 4 is 0 Å². The largest absolute Gasteiger partial charge is 0.496 e. The van der Waals surface area contributed by atoms with Crippen molar-refractivity contribution in [1.29, 1.82) is 0 Å². The summed E-state index contributed by atoms with van der Waals surface area (Å²) < 4.78 is 10.9. The van der Waals surface area contributed by atoms with E-state index in [0.717, 1.165) is 25.5 Å². The second-order valence-corrected chi connectivity index (χ2v) is 5.03. The lowest BCUT2D eigenvalue weighted by molar-refractivity contribution is 0.134. The van der Waals surface area contributed by atoms with Gasteiger partial charge in [-0.3, -0.25) is 0 Å². The molecule has 0 aromatic heterocycles.